The molecule has 0 radical (unpaired) electrons. The molecule has 2 aromatic rings. The number of likely N-dealkylation sites (tertiary alicyclic amines) is 1. The third-order valence-electron chi connectivity index (χ3n) is 4.82. The van der Waals surface area contributed by atoms with E-state index < -0.39 is 0 Å². The van der Waals surface area contributed by atoms with Crippen molar-refractivity contribution in [3.05, 3.63) is 42.2 Å². The average Bonchev–Trinajstić information content (AvgIpc) is 3.28. The van der Waals surface area contributed by atoms with Crippen LogP contribution in [0.2, 0.25) is 0 Å². The molecule has 0 saturated carbocycles. The van der Waals surface area contributed by atoms with Crippen LogP contribution < -0.4 is 0 Å². The van der Waals surface area contributed by atoms with Gasteiger partial charge in [-0.1, -0.05) is 30.3 Å². The van der Waals surface area contributed by atoms with E-state index in [0.29, 0.717) is 12.6 Å². The van der Waals surface area contributed by atoms with Crippen LogP contribution in [0, 0.1) is 0 Å². The highest BCUT2D eigenvalue weighted by Crippen LogP contribution is 2.26. The lowest BCUT2D eigenvalue weighted by Gasteiger charge is -2.29. The van der Waals surface area contributed by atoms with Crippen LogP contribution in [0.25, 0.3) is 0 Å². The Labute approximate surface area is 142 Å². The van der Waals surface area contributed by atoms with Gasteiger partial charge in [0.2, 0.25) is 5.91 Å². The Morgan fingerprint density at radius 3 is 2.83 bits per heavy atom. The topological polar surface area (TPSA) is 67.2 Å². The minimum absolute atomic E-state index is 0.0732. The fraction of sp³-hybridized carbons (Fsp3) is 0.529. The van der Waals surface area contributed by atoms with Crippen LogP contribution in [0.3, 0.4) is 0 Å². The molecule has 0 bridgehead atoms. The van der Waals surface area contributed by atoms with Gasteiger partial charge in [-0.05, 0) is 36.3 Å². The number of hydrogen-bond acceptors (Lipinski definition) is 5. The standard InChI is InChI=1S/C17H24N6O/c1-3-23(17(24)12-22-13-18-19-20-22)16-9-10-21(11-16)14(2)15-7-5-4-6-8-15/h4-8,13-14,16H,3,9-12H2,1-2H3/t14-,16+/m0/s1. The molecule has 1 aliphatic heterocycles. The Kier molecular flexibility index (Phi) is 5.20. The first-order valence-electron chi connectivity index (χ1n) is 8.48. The maximum Gasteiger partial charge on any atom is 0.244 e. The van der Waals surface area contributed by atoms with E-state index in [-0.39, 0.29) is 18.5 Å². The van der Waals surface area contributed by atoms with Gasteiger partial charge < -0.3 is 4.90 Å². The van der Waals surface area contributed by atoms with Gasteiger partial charge in [-0.2, -0.15) is 0 Å². The predicted octanol–water partition coefficient (Wildman–Crippen LogP) is 1.36. The van der Waals surface area contributed by atoms with Crippen molar-refractivity contribution in [1.82, 2.24) is 30.0 Å². The molecule has 1 amide bonds. The summed E-state index contributed by atoms with van der Waals surface area (Å²) in [7, 11) is 0. The molecule has 2 heterocycles. The van der Waals surface area contributed by atoms with Crippen molar-refractivity contribution in [3.63, 3.8) is 0 Å². The lowest BCUT2D eigenvalue weighted by atomic mass is 10.1. The van der Waals surface area contributed by atoms with Crippen LogP contribution in [0.1, 0.15) is 31.9 Å². The molecule has 0 spiro atoms. The number of carbonyl (C=O) groups is 1. The predicted molar refractivity (Wildman–Crippen MR) is 90.0 cm³/mol. The first-order valence-corrected chi connectivity index (χ1v) is 8.48. The largest absolute Gasteiger partial charge is 0.337 e. The zero-order valence-electron chi connectivity index (χ0n) is 14.2. The molecule has 7 nitrogen and oxygen atoms in total. The zero-order chi connectivity index (χ0) is 16.9. The molecular weight excluding hydrogens is 304 g/mol. The molecule has 3 rings (SSSR count). The number of nitrogens with zero attached hydrogens (tertiary/aromatic N) is 6. The average molecular weight is 328 g/mol. The normalized spacial score (nSPS) is 19.3. The highest BCUT2D eigenvalue weighted by molar-refractivity contribution is 5.76. The van der Waals surface area contributed by atoms with Crippen molar-refractivity contribution in [2.24, 2.45) is 0 Å². The molecule has 0 unspecified atom stereocenters. The third kappa shape index (κ3) is 3.62. The van der Waals surface area contributed by atoms with Gasteiger partial charge in [0.15, 0.2) is 0 Å². The smallest absolute Gasteiger partial charge is 0.244 e. The number of aromatic nitrogens is 4. The van der Waals surface area contributed by atoms with E-state index in [4.69, 9.17) is 0 Å². The fourth-order valence-electron chi connectivity index (χ4n) is 3.44. The van der Waals surface area contributed by atoms with Gasteiger partial charge in [0, 0.05) is 31.7 Å². The summed E-state index contributed by atoms with van der Waals surface area (Å²) in [4.78, 5) is 17.0. The van der Waals surface area contributed by atoms with Crippen molar-refractivity contribution in [2.75, 3.05) is 19.6 Å². The van der Waals surface area contributed by atoms with Crippen LogP contribution in [0.15, 0.2) is 36.7 Å². The summed E-state index contributed by atoms with van der Waals surface area (Å²) in [5.74, 6) is 0.0732. The SMILES string of the molecule is CCN(C(=O)Cn1cnnn1)[C@@H]1CCN([C@@H](C)c2ccccc2)C1. The number of tetrazole rings is 1. The highest BCUT2D eigenvalue weighted by Gasteiger charge is 2.32. The van der Waals surface area contributed by atoms with Crippen LogP contribution in [0.5, 0.6) is 0 Å². The number of benzene rings is 1. The van der Waals surface area contributed by atoms with Gasteiger partial charge >= 0.3 is 0 Å². The maximum absolute atomic E-state index is 12.6. The van der Waals surface area contributed by atoms with E-state index in [0.717, 1.165) is 19.5 Å². The Balaban J connectivity index is 1.61. The Morgan fingerprint density at radius 2 is 2.17 bits per heavy atom. The monoisotopic (exact) mass is 328 g/mol. The summed E-state index contributed by atoms with van der Waals surface area (Å²) in [5.41, 5.74) is 1.32. The van der Waals surface area contributed by atoms with E-state index in [1.165, 1.54) is 16.6 Å². The van der Waals surface area contributed by atoms with Crippen LogP contribution in [-0.2, 0) is 11.3 Å². The van der Waals surface area contributed by atoms with Crippen molar-refractivity contribution in [2.45, 2.75) is 38.9 Å². The number of amides is 1. The molecule has 128 valence electrons. The summed E-state index contributed by atoms with van der Waals surface area (Å²) in [5, 5.41) is 10.9. The van der Waals surface area contributed by atoms with Crippen molar-refractivity contribution >= 4 is 5.91 Å². The molecule has 0 aliphatic carbocycles. The molecule has 2 atom stereocenters. The van der Waals surface area contributed by atoms with E-state index in [2.05, 4.69) is 51.6 Å². The van der Waals surface area contributed by atoms with E-state index in [1.807, 2.05) is 17.9 Å². The van der Waals surface area contributed by atoms with Crippen molar-refractivity contribution in [1.29, 1.82) is 0 Å². The lowest BCUT2D eigenvalue weighted by molar-refractivity contribution is -0.134. The van der Waals surface area contributed by atoms with Gasteiger partial charge in [0.1, 0.15) is 12.9 Å². The third-order valence-corrected chi connectivity index (χ3v) is 4.82. The van der Waals surface area contributed by atoms with Gasteiger partial charge in [-0.25, -0.2) is 4.68 Å². The summed E-state index contributed by atoms with van der Waals surface area (Å²) in [6.45, 7) is 7.09. The Morgan fingerprint density at radius 1 is 1.38 bits per heavy atom. The molecule has 0 N–H and O–H groups in total. The van der Waals surface area contributed by atoms with Crippen molar-refractivity contribution in [3.8, 4) is 0 Å². The fourth-order valence-corrected chi connectivity index (χ4v) is 3.44. The molecule has 1 fully saturated rings. The second-order valence-electron chi connectivity index (χ2n) is 6.21. The van der Waals surface area contributed by atoms with Crippen LogP contribution in [-0.4, -0.2) is 61.6 Å². The number of carbonyl (C=O) groups excluding carboxylic acids is 1. The second kappa shape index (κ2) is 7.53. The number of likely N-dealkylation sites (N-methyl/N-ethyl adjacent to an activating group) is 1. The molecular formula is C17H24N6O. The van der Waals surface area contributed by atoms with Crippen LogP contribution >= 0.6 is 0 Å². The first-order chi connectivity index (χ1) is 11.7. The van der Waals surface area contributed by atoms with Crippen LogP contribution in [0.4, 0.5) is 0 Å². The molecule has 1 saturated heterocycles. The van der Waals surface area contributed by atoms with E-state index in [1.54, 1.807) is 0 Å². The molecule has 1 aromatic carbocycles. The van der Waals surface area contributed by atoms with Gasteiger partial charge in [0.25, 0.3) is 0 Å². The first kappa shape index (κ1) is 16.6. The maximum atomic E-state index is 12.6. The summed E-state index contributed by atoms with van der Waals surface area (Å²) in [6, 6.07) is 11.1. The van der Waals surface area contributed by atoms with E-state index in [9.17, 15) is 4.79 Å². The van der Waals surface area contributed by atoms with E-state index >= 15 is 0 Å². The second-order valence-corrected chi connectivity index (χ2v) is 6.21. The highest BCUT2D eigenvalue weighted by atomic mass is 16.2. The molecule has 24 heavy (non-hydrogen) atoms. The summed E-state index contributed by atoms with van der Waals surface area (Å²) >= 11 is 0. The van der Waals surface area contributed by atoms with Gasteiger partial charge in [-0.3, -0.25) is 9.69 Å². The zero-order valence-corrected chi connectivity index (χ0v) is 14.2. The van der Waals surface area contributed by atoms with Crippen molar-refractivity contribution < 1.29 is 4.79 Å². The minimum Gasteiger partial charge on any atom is -0.337 e. The van der Waals surface area contributed by atoms with Gasteiger partial charge in [-0.15, -0.1) is 5.10 Å². The minimum atomic E-state index is 0.0732. The Bertz CT molecular complexity index is 644. The quantitative estimate of drug-likeness (QED) is 0.801. The number of hydrogen-bond donors (Lipinski definition) is 0. The number of rotatable bonds is 6. The lowest BCUT2D eigenvalue weighted by Crippen LogP contribution is -2.43. The summed E-state index contributed by atoms with van der Waals surface area (Å²) in [6.07, 6.45) is 2.48. The summed E-state index contributed by atoms with van der Waals surface area (Å²) < 4.78 is 1.48. The Hall–Kier alpha value is -2.28. The molecule has 1 aliphatic rings. The molecule has 7 heteroatoms. The molecule has 1 aromatic heterocycles. The van der Waals surface area contributed by atoms with Gasteiger partial charge in [0.05, 0.1) is 0 Å².